The lowest BCUT2D eigenvalue weighted by Crippen LogP contribution is -2.14. The first-order valence-electron chi connectivity index (χ1n) is 10.4. The average molecular weight is 469 g/mol. The van der Waals surface area contributed by atoms with E-state index in [1.165, 1.54) is 12.1 Å². The maximum absolute atomic E-state index is 14.6. The van der Waals surface area contributed by atoms with Gasteiger partial charge < -0.3 is 19.4 Å². The molecule has 9 heteroatoms. The Morgan fingerprint density at radius 3 is 2.44 bits per heavy atom. The van der Waals surface area contributed by atoms with Crippen LogP contribution in [-0.2, 0) is 17.2 Å². The van der Waals surface area contributed by atoms with Gasteiger partial charge in [0.15, 0.2) is 0 Å². The summed E-state index contributed by atoms with van der Waals surface area (Å²) in [5.41, 5.74) is 1.23. The first-order valence-corrected chi connectivity index (χ1v) is 10.4. The highest BCUT2D eigenvalue weighted by Gasteiger charge is 2.28. The molecule has 0 aliphatic heterocycles. The van der Waals surface area contributed by atoms with Crippen LogP contribution in [-0.4, -0.2) is 29.7 Å². The second kappa shape index (κ2) is 9.09. The zero-order valence-corrected chi connectivity index (χ0v) is 18.7. The molecule has 0 atom stereocenters. The van der Waals surface area contributed by atoms with Gasteiger partial charge in [0.2, 0.25) is 5.95 Å². The zero-order chi connectivity index (χ0) is 24.5. The number of carbonyl (C=O) groups excluding carboxylic acids is 1. The van der Waals surface area contributed by atoms with E-state index in [0.29, 0.717) is 22.5 Å². The van der Waals surface area contributed by atoms with Crippen molar-refractivity contribution in [3.63, 3.8) is 0 Å². The number of nitrogens with one attached hydrogen (secondary N) is 1. The average Bonchev–Trinajstić information content (AvgIpc) is 3.13. The van der Waals surface area contributed by atoms with Gasteiger partial charge in [-0.2, -0.15) is 0 Å². The molecule has 1 heterocycles. The Balaban J connectivity index is 1.87. The number of methoxy groups -OCH3 is 2. The Bertz CT molecular complexity index is 1350. The maximum atomic E-state index is 14.6. The minimum absolute atomic E-state index is 0.000830. The van der Waals surface area contributed by atoms with Gasteiger partial charge in [0.05, 0.1) is 37.4 Å². The third-order valence-corrected chi connectivity index (χ3v) is 5.41. The van der Waals surface area contributed by atoms with Crippen molar-refractivity contribution in [2.75, 3.05) is 19.5 Å². The summed E-state index contributed by atoms with van der Waals surface area (Å²) in [6, 6.07) is 15.6. The molecule has 4 rings (SSSR count). The van der Waals surface area contributed by atoms with E-state index in [4.69, 9.17) is 4.74 Å². The number of hydrogen-bond donors (Lipinski definition) is 1. The molecular weight excluding hydrogens is 447 g/mol. The van der Waals surface area contributed by atoms with Crippen LogP contribution in [0.15, 0.2) is 60.7 Å². The van der Waals surface area contributed by atoms with Crippen molar-refractivity contribution >= 4 is 28.6 Å². The smallest absolute Gasteiger partial charge is 0.340 e. The van der Waals surface area contributed by atoms with Crippen molar-refractivity contribution < 1.29 is 27.4 Å². The molecule has 1 aromatic heterocycles. The molecule has 0 radical (unpaired) electrons. The summed E-state index contributed by atoms with van der Waals surface area (Å²) in [5, 5.41) is 3.14. The van der Waals surface area contributed by atoms with E-state index in [1.807, 2.05) is 0 Å². The molecule has 0 saturated heterocycles. The summed E-state index contributed by atoms with van der Waals surface area (Å²) < 4.78 is 54.6. The van der Waals surface area contributed by atoms with Gasteiger partial charge in [0.25, 0.3) is 5.92 Å². The van der Waals surface area contributed by atoms with E-state index in [-0.39, 0.29) is 29.1 Å². The molecule has 0 aliphatic carbocycles. The van der Waals surface area contributed by atoms with Crippen molar-refractivity contribution in [1.82, 2.24) is 9.55 Å². The fourth-order valence-electron chi connectivity index (χ4n) is 3.73. The van der Waals surface area contributed by atoms with Gasteiger partial charge in [-0.05, 0) is 35.9 Å². The number of fused-ring (bicyclic) bond motifs is 1. The number of anilines is 2. The molecule has 0 unspecified atom stereocenters. The summed E-state index contributed by atoms with van der Waals surface area (Å²) >= 11 is 0. The third kappa shape index (κ3) is 4.54. The number of alkyl halides is 2. The summed E-state index contributed by atoms with van der Waals surface area (Å²) in [6.45, 7) is 0.833. The number of aromatic nitrogens is 2. The quantitative estimate of drug-likeness (QED) is 0.343. The monoisotopic (exact) mass is 469 g/mol. The SMILES string of the molecule is COC(=O)c1cc2c(cc1F)nc(Nc1ccc(OC)cc1)n2Cc1ccccc1C(C)(F)F. The number of rotatable bonds is 7. The topological polar surface area (TPSA) is 65.4 Å². The minimum atomic E-state index is -3.07. The van der Waals surface area contributed by atoms with Gasteiger partial charge in [0, 0.05) is 24.2 Å². The number of benzene rings is 3. The van der Waals surface area contributed by atoms with Gasteiger partial charge in [-0.15, -0.1) is 0 Å². The van der Waals surface area contributed by atoms with Crippen molar-refractivity contribution in [2.24, 2.45) is 0 Å². The fourth-order valence-corrected chi connectivity index (χ4v) is 3.73. The van der Waals surface area contributed by atoms with Crippen LogP contribution < -0.4 is 10.1 Å². The van der Waals surface area contributed by atoms with Crippen molar-refractivity contribution in [2.45, 2.75) is 19.4 Å². The molecule has 1 N–H and O–H groups in total. The number of imidazole rings is 1. The van der Waals surface area contributed by atoms with Crippen LogP contribution in [0.5, 0.6) is 5.75 Å². The summed E-state index contributed by atoms with van der Waals surface area (Å²) in [4.78, 5) is 16.5. The molecule has 3 aromatic carbocycles. The van der Waals surface area contributed by atoms with Gasteiger partial charge in [0.1, 0.15) is 11.6 Å². The maximum Gasteiger partial charge on any atom is 0.340 e. The number of hydrogen-bond acceptors (Lipinski definition) is 5. The van der Waals surface area contributed by atoms with Gasteiger partial charge in [-0.25, -0.2) is 22.9 Å². The number of esters is 1. The van der Waals surface area contributed by atoms with Crippen LogP contribution in [0.3, 0.4) is 0 Å². The van der Waals surface area contributed by atoms with E-state index in [0.717, 1.165) is 20.1 Å². The number of halogens is 3. The second-order valence-corrected chi connectivity index (χ2v) is 7.73. The van der Waals surface area contributed by atoms with E-state index in [9.17, 15) is 18.0 Å². The summed E-state index contributed by atoms with van der Waals surface area (Å²) in [5.74, 6) is -3.77. The molecular formula is C25H22F3N3O3. The zero-order valence-electron chi connectivity index (χ0n) is 18.7. The van der Waals surface area contributed by atoms with Crippen molar-refractivity contribution in [1.29, 1.82) is 0 Å². The molecule has 176 valence electrons. The Hall–Kier alpha value is -4.01. The fraction of sp³-hybridized carbons (Fsp3) is 0.200. The summed E-state index contributed by atoms with van der Waals surface area (Å²) in [6.07, 6.45) is 0. The molecule has 6 nitrogen and oxygen atoms in total. The second-order valence-electron chi connectivity index (χ2n) is 7.73. The first-order chi connectivity index (χ1) is 16.2. The minimum Gasteiger partial charge on any atom is -0.497 e. The predicted octanol–water partition coefficient (Wildman–Crippen LogP) is 5.87. The lowest BCUT2D eigenvalue weighted by Gasteiger charge is -2.18. The Labute approximate surface area is 193 Å². The molecule has 0 fully saturated rings. The van der Waals surface area contributed by atoms with Crippen LogP contribution in [0.1, 0.15) is 28.4 Å². The van der Waals surface area contributed by atoms with Crippen molar-refractivity contribution in [3.05, 3.63) is 83.2 Å². The van der Waals surface area contributed by atoms with E-state index >= 15 is 0 Å². The number of nitrogens with zero attached hydrogens (tertiary/aromatic N) is 2. The van der Waals surface area contributed by atoms with Gasteiger partial charge in [-0.3, -0.25) is 0 Å². The molecule has 4 aromatic rings. The van der Waals surface area contributed by atoms with Crippen LogP contribution in [0.2, 0.25) is 0 Å². The lowest BCUT2D eigenvalue weighted by molar-refractivity contribution is 0.0164. The largest absolute Gasteiger partial charge is 0.497 e. The predicted molar refractivity (Wildman–Crippen MR) is 122 cm³/mol. The van der Waals surface area contributed by atoms with Crippen LogP contribution in [0.4, 0.5) is 24.8 Å². The molecule has 0 spiro atoms. The van der Waals surface area contributed by atoms with Gasteiger partial charge >= 0.3 is 5.97 Å². The molecule has 0 aliphatic rings. The lowest BCUT2D eigenvalue weighted by atomic mass is 10.0. The Morgan fingerprint density at radius 2 is 1.79 bits per heavy atom. The first kappa shape index (κ1) is 23.2. The molecule has 0 saturated carbocycles. The van der Waals surface area contributed by atoms with Crippen LogP contribution in [0.25, 0.3) is 11.0 Å². The van der Waals surface area contributed by atoms with Gasteiger partial charge in [-0.1, -0.05) is 24.3 Å². The molecule has 0 amide bonds. The van der Waals surface area contributed by atoms with Crippen molar-refractivity contribution in [3.8, 4) is 5.75 Å². The van der Waals surface area contributed by atoms with E-state index in [1.54, 1.807) is 54.1 Å². The molecule has 34 heavy (non-hydrogen) atoms. The van der Waals surface area contributed by atoms with E-state index in [2.05, 4.69) is 15.0 Å². The number of carbonyl (C=O) groups is 1. The van der Waals surface area contributed by atoms with Crippen LogP contribution in [0, 0.1) is 5.82 Å². The van der Waals surface area contributed by atoms with Crippen LogP contribution >= 0.6 is 0 Å². The molecule has 0 bridgehead atoms. The highest BCUT2D eigenvalue weighted by atomic mass is 19.3. The normalized spacial score (nSPS) is 11.5. The summed E-state index contributed by atoms with van der Waals surface area (Å²) in [7, 11) is 2.70. The Morgan fingerprint density at radius 1 is 1.09 bits per heavy atom. The highest BCUT2D eigenvalue weighted by Crippen LogP contribution is 2.33. The highest BCUT2D eigenvalue weighted by molar-refractivity contribution is 5.94. The third-order valence-electron chi connectivity index (χ3n) is 5.41. The standard InChI is InChI=1S/C25H22F3N3O3/c1-25(27,28)19-7-5-4-6-15(19)14-31-22-12-18(23(32)34-3)20(26)13-21(22)30-24(31)29-16-8-10-17(33-2)11-9-16/h4-13H,14H2,1-3H3,(H,29,30). The number of ether oxygens (including phenoxy) is 2. The Kier molecular flexibility index (Phi) is 6.19. The van der Waals surface area contributed by atoms with E-state index < -0.39 is 17.7 Å².